The van der Waals surface area contributed by atoms with Crippen LogP contribution in [0.1, 0.15) is 17.5 Å². The molecule has 0 bridgehead atoms. The Morgan fingerprint density at radius 3 is 2.85 bits per heavy atom. The van der Waals surface area contributed by atoms with E-state index < -0.39 is 0 Å². The van der Waals surface area contributed by atoms with Gasteiger partial charge in [-0.25, -0.2) is 0 Å². The largest absolute Gasteiger partial charge is 0.256 e. The quantitative estimate of drug-likeness (QED) is 0.591. The van der Waals surface area contributed by atoms with E-state index in [1.54, 1.807) is 0 Å². The second-order valence-corrected chi connectivity index (χ2v) is 3.67. The van der Waals surface area contributed by atoms with Gasteiger partial charge in [0.25, 0.3) is 0 Å². The highest BCUT2D eigenvalue weighted by molar-refractivity contribution is 5.80. The molecule has 13 heavy (non-hydrogen) atoms. The third-order valence-corrected chi connectivity index (χ3v) is 2.82. The molecule has 0 unspecified atom stereocenters. The van der Waals surface area contributed by atoms with Crippen LogP contribution in [0.3, 0.4) is 0 Å². The van der Waals surface area contributed by atoms with E-state index in [4.69, 9.17) is 0 Å². The van der Waals surface area contributed by atoms with Crippen LogP contribution >= 0.6 is 0 Å². The van der Waals surface area contributed by atoms with Crippen LogP contribution in [0.2, 0.25) is 0 Å². The first-order chi connectivity index (χ1) is 6.43. The maximum Gasteiger partial charge on any atom is 0.0704 e. The second-order valence-electron chi connectivity index (χ2n) is 3.67. The van der Waals surface area contributed by atoms with Crippen molar-refractivity contribution in [1.29, 1.82) is 0 Å². The van der Waals surface area contributed by atoms with E-state index >= 15 is 0 Å². The number of nitrogens with zero attached hydrogens (tertiary/aromatic N) is 1. The molecule has 2 aromatic rings. The molecule has 1 nitrogen and oxygen atoms in total. The van der Waals surface area contributed by atoms with Crippen LogP contribution < -0.4 is 0 Å². The maximum absolute atomic E-state index is 4.36. The van der Waals surface area contributed by atoms with Crippen molar-refractivity contribution in [3.05, 3.63) is 41.6 Å². The Labute approximate surface area is 77.4 Å². The molecule has 1 aliphatic carbocycles. The van der Waals surface area contributed by atoms with Crippen LogP contribution in [0, 0.1) is 0 Å². The zero-order valence-electron chi connectivity index (χ0n) is 7.46. The first-order valence-electron chi connectivity index (χ1n) is 4.80. The smallest absolute Gasteiger partial charge is 0.0704 e. The predicted octanol–water partition coefficient (Wildman–Crippen LogP) is 2.72. The molecule has 1 aliphatic rings. The van der Waals surface area contributed by atoms with Gasteiger partial charge in [-0.3, -0.25) is 4.98 Å². The van der Waals surface area contributed by atoms with Crippen molar-refractivity contribution >= 4 is 10.9 Å². The summed E-state index contributed by atoms with van der Waals surface area (Å²) in [6, 6.07) is 8.69. The molecule has 0 fully saturated rings. The van der Waals surface area contributed by atoms with Gasteiger partial charge in [-0.05, 0) is 48.6 Å². The summed E-state index contributed by atoms with van der Waals surface area (Å²) in [4.78, 5) is 4.36. The van der Waals surface area contributed by atoms with E-state index in [1.165, 1.54) is 35.8 Å². The summed E-state index contributed by atoms with van der Waals surface area (Å²) in [5, 5.41) is 1.28. The van der Waals surface area contributed by atoms with E-state index in [2.05, 4.69) is 23.2 Å². The van der Waals surface area contributed by atoms with Crippen molar-refractivity contribution in [3.8, 4) is 0 Å². The number of aromatic nitrogens is 1. The molecule has 0 saturated carbocycles. The van der Waals surface area contributed by atoms with Crippen molar-refractivity contribution in [2.75, 3.05) is 0 Å². The molecule has 0 radical (unpaired) electrons. The molecular weight excluding hydrogens is 158 g/mol. The lowest BCUT2D eigenvalue weighted by atomic mass is 10.1. The Morgan fingerprint density at radius 2 is 1.92 bits per heavy atom. The fourth-order valence-corrected chi connectivity index (χ4v) is 2.15. The average molecular weight is 169 g/mol. The van der Waals surface area contributed by atoms with Gasteiger partial charge >= 0.3 is 0 Å². The number of pyridine rings is 1. The van der Waals surface area contributed by atoms with Crippen molar-refractivity contribution in [2.45, 2.75) is 19.3 Å². The molecule has 0 spiro atoms. The van der Waals surface area contributed by atoms with Crippen LogP contribution in [0.4, 0.5) is 0 Å². The summed E-state index contributed by atoms with van der Waals surface area (Å²) < 4.78 is 0. The van der Waals surface area contributed by atoms with Gasteiger partial charge in [-0.15, -0.1) is 0 Å². The summed E-state index contributed by atoms with van der Waals surface area (Å²) in [6.45, 7) is 0. The summed E-state index contributed by atoms with van der Waals surface area (Å²) in [6.07, 6.45) is 5.66. The molecule has 64 valence electrons. The Kier molecular flexibility index (Phi) is 1.39. The predicted molar refractivity (Wildman–Crippen MR) is 53.8 cm³/mol. The lowest BCUT2D eigenvalue weighted by Gasteiger charge is -2.01. The van der Waals surface area contributed by atoms with Crippen molar-refractivity contribution in [2.24, 2.45) is 0 Å². The minimum Gasteiger partial charge on any atom is -0.256 e. The molecule has 1 aromatic carbocycles. The van der Waals surface area contributed by atoms with Crippen molar-refractivity contribution in [3.63, 3.8) is 0 Å². The number of aryl methyl sites for hydroxylation is 2. The zero-order valence-corrected chi connectivity index (χ0v) is 7.46. The van der Waals surface area contributed by atoms with Gasteiger partial charge in [-0.1, -0.05) is 6.07 Å². The number of benzene rings is 1. The fourth-order valence-electron chi connectivity index (χ4n) is 2.15. The van der Waals surface area contributed by atoms with E-state index in [1.807, 2.05) is 12.3 Å². The highest BCUT2D eigenvalue weighted by atomic mass is 14.6. The third-order valence-electron chi connectivity index (χ3n) is 2.82. The first kappa shape index (κ1) is 7.07. The molecule has 0 saturated heterocycles. The average Bonchev–Trinajstić information content (AvgIpc) is 2.61. The minimum absolute atomic E-state index is 1.14. The lowest BCUT2D eigenvalue weighted by Crippen LogP contribution is -1.84. The molecule has 1 aromatic heterocycles. The standard InChI is InChI=1S/C12H11N/c1-3-9-7-11-5-2-6-13-12(11)8-10(9)4-1/h2,5-8H,1,3-4H2. The molecule has 0 N–H and O–H groups in total. The third kappa shape index (κ3) is 1.04. The van der Waals surface area contributed by atoms with Crippen LogP contribution in [0.5, 0.6) is 0 Å². The van der Waals surface area contributed by atoms with Crippen LogP contribution in [0.25, 0.3) is 10.9 Å². The van der Waals surface area contributed by atoms with Gasteiger partial charge in [0, 0.05) is 11.6 Å². The Hall–Kier alpha value is -1.37. The SMILES string of the molecule is c1cnc2cc3c(cc2c1)CCC3. The van der Waals surface area contributed by atoms with E-state index in [9.17, 15) is 0 Å². The Balaban J connectivity index is 2.36. The fraction of sp³-hybridized carbons (Fsp3) is 0.250. The summed E-state index contributed by atoms with van der Waals surface area (Å²) in [7, 11) is 0. The van der Waals surface area contributed by atoms with Gasteiger partial charge < -0.3 is 0 Å². The van der Waals surface area contributed by atoms with Crippen LogP contribution in [-0.4, -0.2) is 4.98 Å². The monoisotopic (exact) mass is 169 g/mol. The summed E-state index contributed by atoms with van der Waals surface area (Å²) in [5.41, 5.74) is 4.18. The van der Waals surface area contributed by atoms with Crippen molar-refractivity contribution < 1.29 is 0 Å². The van der Waals surface area contributed by atoms with Gasteiger partial charge in [0.1, 0.15) is 0 Å². The molecule has 3 rings (SSSR count). The van der Waals surface area contributed by atoms with Crippen LogP contribution in [-0.2, 0) is 12.8 Å². The lowest BCUT2D eigenvalue weighted by molar-refractivity contribution is 0.912. The van der Waals surface area contributed by atoms with Crippen LogP contribution in [0.15, 0.2) is 30.5 Å². The highest BCUT2D eigenvalue weighted by Gasteiger charge is 2.11. The van der Waals surface area contributed by atoms with E-state index in [0.717, 1.165) is 5.52 Å². The number of hydrogen-bond acceptors (Lipinski definition) is 1. The van der Waals surface area contributed by atoms with Gasteiger partial charge in [0.15, 0.2) is 0 Å². The zero-order chi connectivity index (χ0) is 8.67. The van der Waals surface area contributed by atoms with Crippen molar-refractivity contribution in [1.82, 2.24) is 4.98 Å². The minimum atomic E-state index is 1.14. The molecule has 0 atom stereocenters. The van der Waals surface area contributed by atoms with Gasteiger partial charge in [0.05, 0.1) is 5.52 Å². The summed E-state index contributed by atoms with van der Waals surface area (Å²) in [5.74, 6) is 0. The first-order valence-corrected chi connectivity index (χ1v) is 4.80. The second kappa shape index (κ2) is 2.56. The Morgan fingerprint density at radius 1 is 1.08 bits per heavy atom. The molecule has 1 heterocycles. The Bertz CT molecular complexity index is 417. The molecule has 0 aliphatic heterocycles. The van der Waals surface area contributed by atoms with E-state index in [-0.39, 0.29) is 0 Å². The number of fused-ring (bicyclic) bond motifs is 2. The maximum atomic E-state index is 4.36. The molecule has 0 amide bonds. The van der Waals surface area contributed by atoms with Gasteiger partial charge in [0.2, 0.25) is 0 Å². The molecule has 1 heteroatoms. The highest BCUT2D eigenvalue weighted by Crippen LogP contribution is 2.25. The summed E-state index contributed by atoms with van der Waals surface area (Å²) >= 11 is 0. The van der Waals surface area contributed by atoms with E-state index in [0.29, 0.717) is 0 Å². The molecular formula is C12H11N. The number of rotatable bonds is 0. The normalized spacial score (nSPS) is 14.8. The number of hydrogen-bond donors (Lipinski definition) is 0. The van der Waals surface area contributed by atoms with Gasteiger partial charge in [-0.2, -0.15) is 0 Å². The topological polar surface area (TPSA) is 12.9 Å².